The molecule has 16 heavy (non-hydrogen) atoms. The Labute approximate surface area is 95.8 Å². The van der Waals surface area contributed by atoms with Gasteiger partial charge in [0.05, 0.1) is 18.5 Å². The fraction of sp³-hybridized carbons (Fsp3) is 0.500. The highest BCUT2D eigenvalue weighted by atomic mass is 19.1. The van der Waals surface area contributed by atoms with E-state index in [9.17, 15) is 4.39 Å². The lowest BCUT2D eigenvalue weighted by atomic mass is 10.1. The largest absolute Gasteiger partial charge is 0.495 e. The number of benzene rings is 1. The van der Waals surface area contributed by atoms with Gasteiger partial charge in [0.15, 0.2) is 0 Å². The molecular weight excluding hydrogens is 207 g/mol. The van der Waals surface area contributed by atoms with Gasteiger partial charge in [-0.15, -0.1) is 0 Å². The lowest BCUT2D eigenvalue weighted by Crippen LogP contribution is -2.15. The normalized spacial score (nSPS) is 12.2. The third-order valence-electron chi connectivity index (χ3n) is 2.44. The number of halogens is 1. The zero-order chi connectivity index (χ0) is 12.1. The van der Waals surface area contributed by atoms with Gasteiger partial charge in [0, 0.05) is 18.2 Å². The van der Waals surface area contributed by atoms with Crippen molar-refractivity contribution in [3.63, 3.8) is 0 Å². The first-order valence-electron chi connectivity index (χ1n) is 5.48. The highest BCUT2D eigenvalue weighted by molar-refractivity contribution is 5.62. The van der Waals surface area contributed by atoms with Crippen LogP contribution in [0.3, 0.4) is 0 Å². The van der Waals surface area contributed by atoms with Crippen LogP contribution < -0.4 is 15.8 Å². The Hall–Kier alpha value is -1.45. The maximum absolute atomic E-state index is 13.6. The van der Waals surface area contributed by atoms with Crippen LogP contribution in [0.25, 0.3) is 0 Å². The minimum Gasteiger partial charge on any atom is -0.495 e. The number of ether oxygens (including phenoxy) is 1. The summed E-state index contributed by atoms with van der Waals surface area (Å²) in [6.45, 7) is 4.11. The number of nitrogens with two attached hydrogens (primary N) is 1. The van der Waals surface area contributed by atoms with Gasteiger partial charge in [-0.1, -0.05) is 13.3 Å². The first-order chi connectivity index (χ1) is 7.58. The summed E-state index contributed by atoms with van der Waals surface area (Å²) in [6.07, 6.45) is 2.05. The maximum Gasteiger partial charge on any atom is 0.148 e. The molecule has 3 nitrogen and oxygen atoms in total. The van der Waals surface area contributed by atoms with E-state index in [1.807, 2.05) is 6.92 Å². The van der Waals surface area contributed by atoms with Gasteiger partial charge in [-0.25, -0.2) is 4.39 Å². The molecule has 1 rings (SSSR count). The highest BCUT2D eigenvalue weighted by Gasteiger charge is 2.10. The number of rotatable bonds is 5. The molecular formula is C12H19FN2O. The molecule has 0 aromatic heterocycles. The maximum atomic E-state index is 13.6. The van der Waals surface area contributed by atoms with Crippen molar-refractivity contribution >= 4 is 11.4 Å². The molecule has 0 fully saturated rings. The topological polar surface area (TPSA) is 47.3 Å². The van der Waals surface area contributed by atoms with Gasteiger partial charge in [0.2, 0.25) is 0 Å². The Kier molecular flexibility index (Phi) is 4.40. The summed E-state index contributed by atoms with van der Waals surface area (Å²) in [5.41, 5.74) is 6.35. The predicted octanol–water partition coefficient (Wildman–Crippen LogP) is 3.02. The minimum atomic E-state index is -0.346. The monoisotopic (exact) mass is 226 g/mol. The molecule has 4 heteroatoms. The number of hydrogen-bond donors (Lipinski definition) is 2. The minimum absolute atomic E-state index is 0.229. The third-order valence-corrected chi connectivity index (χ3v) is 2.44. The standard InChI is InChI=1S/C12H19FN2O/c1-4-5-8(2)15-11-7-12(16-3)10(14)6-9(11)13/h6-8,15H,4-5,14H2,1-3H3. The summed E-state index contributed by atoms with van der Waals surface area (Å²) in [4.78, 5) is 0. The summed E-state index contributed by atoms with van der Waals surface area (Å²) < 4.78 is 18.6. The zero-order valence-corrected chi connectivity index (χ0v) is 10.0. The van der Waals surface area contributed by atoms with Crippen LogP contribution in [0.1, 0.15) is 26.7 Å². The summed E-state index contributed by atoms with van der Waals surface area (Å²) >= 11 is 0. The lowest BCUT2D eigenvalue weighted by molar-refractivity contribution is 0.416. The fourth-order valence-corrected chi connectivity index (χ4v) is 1.63. The van der Waals surface area contributed by atoms with Crippen LogP contribution in [-0.2, 0) is 0 Å². The van der Waals surface area contributed by atoms with E-state index in [0.29, 0.717) is 17.1 Å². The molecule has 1 atom stereocenters. The molecule has 0 amide bonds. The van der Waals surface area contributed by atoms with Gasteiger partial charge in [-0.2, -0.15) is 0 Å². The Bertz CT molecular complexity index is 355. The van der Waals surface area contributed by atoms with Gasteiger partial charge < -0.3 is 15.8 Å². The molecule has 0 spiro atoms. The molecule has 1 unspecified atom stereocenters. The van der Waals surface area contributed by atoms with Crippen LogP contribution in [0.5, 0.6) is 5.75 Å². The Morgan fingerprint density at radius 2 is 2.19 bits per heavy atom. The van der Waals surface area contributed by atoms with Crippen molar-refractivity contribution in [1.29, 1.82) is 0 Å². The van der Waals surface area contributed by atoms with Crippen LogP contribution in [0, 0.1) is 5.82 Å². The molecule has 90 valence electrons. The van der Waals surface area contributed by atoms with Crippen molar-refractivity contribution < 1.29 is 9.13 Å². The number of anilines is 2. The summed E-state index contributed by atoms with van der Waals surface area (Å²) in [5, 5.41) is 3.10. The van der Waals surface area contributed by atoms with E-state index in [4.69, 9.17) is 10.5 Å². The van der Waals surface area contributed by atoms with Gasteiger partial charge in [0.25, 0.3) is 0 Å². The SMILES string of the molecule is CCCC(C)Nc1cc(OC)c(N)cc1F. The highest BCUT2D eigenvalue weighted by Crippen LogP contribution is 2.28. The molecule has 0 aliphatic heterocycles. The van der Waals surface area contributed by atoms with Crippen molar-refractivity contribution in [3.8, 4) is 5.75 Å². The second kappa shape index (κ2) is 5.58. The number of hydrogen-bond acceptors (Lipinski definition) is 3. The average Bonchev–Trinajstić information content (AvgIpc) is 2.22. The summed E-state index contributed by atoms with van der Waals surface area (Å²) in [7, 11) is 1.52. The molecule has 0 heterocycles. The van der Waals surface area contributed by atoms with Crippen LogP contribution in [0.4, 0.5) is 15.8 Å². The molecule has 0 aliphatic carbocycles. The van der Waals surface area contributed by atoms with Crippen LogP contribution >= 0.6 is 0 Å². The van der Waals surface area contributed by atoms with E-state index in [2.05, 4.69) is 12.2 Å². The molecule has 0 aliphatic rings. The molecule has 3 N–H and O–H groups in total. The lowest BCUT2D eigenvalue weighted by Gasteiger charge is -2.16. The van der Waals surface area contributed by atoms with Gasteiger partial charge in [-0.05, 0) is 13.3 Å². The predicted molar refractivity (Wildman–Crippen MR) is 65.4 cm³/mol. The number of methoxy groups -OCH3 is 1. The van der Waals surface area contributed by atoms with Gasteiger partial charge in [0.1, 0.15) is 11.6 Å². The molecule has 1 aromatic rings. The van der Waals surface area contributed by atoms with Gasteiger partial charge in [-0.3, -0.25) is 0 Å². The van der Waals surface area contributed by atoms with Crippen LogP contribution in [0.2, 0.25) is 0 Å². The van der Waals surface area contributed by atoms with Gasteiger partial charge >= 0.3 is 0 Å². The Morgan fingerprint density at radius 1 is 1.50 bits per heavy atom. The summed E-state index contributed by atoms with van der Waals surface area (Å²) in [6, 6.07) is 3.10. The van der Waals surface area contributed by atoms with E-state index in [1.54, 1.807) is 6.07 Å². The van der Waals surface area contributed by atoms with E-state index in [-0.39, 0.29) is 11.9 Å². The molecule has 1 aromatic carbocycles. The summed E-state index contributed by atoms with van der Waals surface area (Å²) in [5.74, 6) is 0.147. The van der Waals surface area contributed by atoms with Crippen molar-refractivity contribution in [2.24, 2.45) is 0 Å². The van der Waals surface area contributed by atoms with Crippen LogP contribution in [-0.4, -0.2) is 13.2 Å². The van der Waals surface area contributed by atoms with Crippen molar-refractivity contribution in [2.45, 2.75) is 32.7 Å². The third kappa shape index (κ3) is 3.02. The Morgan fingerprint density at radius 3 is 2.75 bits per heavy atom. The second-order valence-electron chi connectivity index (χ2n) is 3.91. The number of nitrogen functional groups attached to an aromatic ring is 1. The van der Waals surface area contributed by atoms with Crippen molar-refractivity contribution in [3.05, 3.63) is 17.9 Å². The fourth-order valence-electron chi connectivity index (χ4n) is 1.63. The van der Waals surface area contributed by atoms with E-state index < -0.39 is 0 Å². The first kappa shape index (κ1) is 12.6. The molecule has 0 radical (unpaired) electrons. The Balaban J connectivity index is 2.87. The van der Waals surface area contributed by atoms with E-state index in [0.717, 1.165) is 12.8 Å². The first-order valence-corrected chi connectivity index (χ1v) is 5.48. The smallest absolute Gasteiger partial charge is 0.148 e. The zero-order valence-electron chi connectivity index (χ0n) is 10.0. The quantitative estimate of drug-likeness (QED) is 0.759. The number of nitrogens with one attached hydrogen (secondary N) is 1. The van der Waals surface area contributed by atoms with Crippen molar-refractivity contribution in [1.82, 2.24) is 0 Å². The average molecular weight is 226 g/mol. The van der Waals surface area contributed by atoms with Crippen molar-refractivity contribution in [2.75, 3.05) is 18.2 Å². The van der Waals surface area contributed by atoms with E-state index >= 15 is 0 Å². The molecule has 0 saturated heterocycles. The van der Waals surface area contributed by atoms with Crippen LogP contribution in [0.15, 0.2) is 12.1 Å². The van der Waals surface area contributed by atoms with E-state index in [1.165, 1.54) is 13.2 Å². The molecule has 0 saturated carbocycles. The molecule has 0 bridgehead atoms. The second-order valence-corrected chi connectivity index (χ2v) is 3.91.